The van der Waals surface area contributed by atoms with Gasteiger partial charge in [-0.1, -0.05) is 27.2 Å². The number of nitrogens with zero attached hydrogens (tertiary/aromatic N) is 1. The van der Waals surface area contributed by atoms with Gasteiger partial charge < -0.3 is 5.32 Å². The second kappa shape index (κ2) is 5.53. The SMILES string of the molecule is CCc1nc(C2CC3CCC2C3)sc1CNC(C)C. The number of thiazole rings is 1. The lowest BCUT2D eigenvalue weighted by atomic mass is 9.89. The second-order valence-electron chi connectivity index (χ2n) is 6.59. The molecular weight excluding hydrogens is 252 g/mol. The Morgan fingerprint density at radius 3 is 2.74 bits per heavy atom. The van der Waals surface area contributed by atoms with Crippen molar-refractivity contribution >= 4 is 11.3 Å². The molecule has 2 saturated carbocycles. The van der Waals surface area contributed by atoms with Crippen LogP contribution in [0.1, 0.15) is 68.0 Å². The highest BCUT2D eigenvalue weighted by molar-refractivity contribution is 7.11. The molecule has 1 N–H and O–H groups in total. The van der Waals surface area contributed by atoms with E-state index in [4.69, 9.17) is 4.98 Å². The predicted octanol–water partition coefficient (Wildman–Crippen LogP) is 4.11. The maximum absolute atomic E-state index is 4.99. The van der Waals surface area contributed by atoms with Gasteiger partial charge in [0.05, 0.1) is 10.7 Å². The summed E-state index contributed by atoms with van der Waals surface area (Å²) in [5.41, 5.74) is 1.34. The van der Waals surface area contributed by atoms with Crippen LogP contribution in [0.15, 0.2) is 0 Å². The fourth-order valence-electron chi connectivity index (χ4n) is 3.82. The number of fused-ring (bicyclic) bond motifs is 2. The van der Waals surface area contributed by atoms with Crippen molar-refractivity contribution < 1.29 is 0 Å². The Balaban J connectivity index is 1.75. The summed E-state index contributed by atoms with van der Waals surface area (Å²) in [6.45, 7) is 7.66. The van der Waals surface area contributed by atoms with Crippen LogP contribution in [-0.2, 0) is 13.0 Å². The molecule has 0 spiro atoms. The van der Waals surface area contributed by atoms with E-state index < -0.39 is 0 Å². The van der Waals surface area contributed by atoms with Crippen LogP contribution in [0.5, 0.6) is 0 Å². The second-order valence-corrected chi connectivity index (χ2v) is 7.71. The lowest BCUT2D eigenvalue weighted by Crippen LogP contribution is -2.21. The number of hydrogen-bond donors (Lipinski definition) is 1. The van der Waals surface area contributed by atoms with Gasteiger partial charge in [0, 0.05) is 23.4 Å². The van der Waals surface area contributed by atoms with E-state index in [1.165, 1.54) is 41.3 Å². The first-order chi connectivity index (χ1) is 9.17. The quantitative estimate of drug-likeness (QED) is 0.877. The van der Waals surface area contributed by atoms with E-state index in [-0.39, 0.29) is 0 Å². The summed E-state index contributed by atoms with van der Waals surface area (Å²) in [5, 5.41) is 4.99. The molecular formula is C16H26N2S. The lowest BCUT2D eigenvalue weighted by molar-refractivity contribution is 0.418. The van der Waals surface area contributed by atoms with Gasteiger partial charge in [-0.25, -0.2) is 4.98 Å². The minimum absolute atomic E-state index is 0.553. The smallest absolute Gasteiger partial charge is 0.0965 e. The molecule has 3 unspecified atom stereocenters. The first kappa shape index (κ1) is 13.6. The number of aryl methyl sites for hydroxylation is 1. The summed E-state index contributed by atoms with van der Waals surface area (Å²) in [6, 6.07) is 0.553. The van der Waals surface area contributed by atoms with Crippen molar-refractivity contribution in [1.29, 1.82) is 0 Å². The molecule has 0 aromatic carbocycles. The molecule has 0 amide bonds. The molecule has 1 aromatic heterocycles. The molecule has 2 aliphatic rings. The van der Waals surface area contributed by atoms with Crippen molar-refractivity contribution in [2.24, 2.45) is 11.8 Å². The van der Waals surface area contributed by atoms with Gasteiger partial charge in [-0.05, 0) is 37.5 Å². The number of hydrogen-bond acceptors (Lipinski definition) is 3. The van der Waals surface area contributed by atoms with Crippen molar-refractivity contribution in [3.05, 3.63) is 15.6 Å². The molecule has 3 heteroatoms. The van der Waals surface area contributed by atoms with Crippen LogP contribution in [0.3, 0.4) is 0 Å². The zero-order valence-corrected chi connectivity index (χ0v) is 13.2. The molecule has 2 aliphatic carbocycles. The lowest BCUT2D eigenvalue weighted by Gasteiger charge is -2.18. The minimum Gasteiger partial charge on any atom is -0.310 e. The van der Waals surface area contributed by atoms with Gasteiger partial charge >= 0.3 is 0 Å². The van der Waals surface area contributed by atoms with Gasteiger partial charge in [0.1, 0.15) is 0 Å². The molecule has 19 heavy (non-hydrogen) atoms. The molecule has 2 nitrogen and oxygen atoms in total. The summed E-state index contributed by atoms with van der Waals surface area (Å²) in [5.74, 6) is 2.76. The Labute approximate surface area is 121 Å². The average molecular weight is 278 g/mol. The predicted molar refractivity (Wildman–Crippen MR) is 81.7 cm³/mol. The van der Waals surface area contributed by atoms with E-state index in [0.29, 0.717) is 6.04 Å². The van der Waals surface area contributed by atoms with E-state index in [2.05, 4.69) is 26.1 Å². The molecule has 1 aromatic rings. The third-order valence-electron chi connectivity index (χ3n) is 4.86. The maximum atomic E-state index is 4.99. The summed E-state index contributed by atoms with van der Waals surface area (Å²) in [4.78, 5) is 6.47. The Bertz CT molecular complexity index is 438. The van der Waals surface area contributed by atoms with E-state index in [9.17, 15) is 0 Å². The van der Waals surface area contributed by atoms with Gasteiger partial charge in [-0.2, -0.15) is 0 Å². The zero-order valence-electron chi connectivity index (χ0n) is 12.4. The van der Waals surface area contributed by atoms with Crippen LogP contribution in [0.2, 0.25) is 0 Å². The first-order valence-electron chi connectivity index (χ1n) is 7.89. The third kappa shape index (κ3) is 2.73. The van der Waals surface area contributed by atoms with Crippen LogP contribution in [-0.4, -0.2) is 11.0 Å². The standard InChI is InChI=1S/C16H26N2S/c1-4-14-15(9-17-10(2)3)19-16(18-14)13-8-11-5-6-12(13)7-11/h10-13,17H,4-9H2,1-3H3. The van der Waals surface area contributed by atoms with Crippen molar-refractivity contribution in [3.8, 4) is 0 Å². The molecule has 0 radical (unpaired) electrons. The molecule has 0 aliphatic heterocycles. The van der Waals surface area contributed by atoms with Gasteiger partial charge in [0.2, 0.25) is 0 Å². The normalized spacial score (nSPS) is 29.6. The topological polar surface area (TPSA) is 24.9 Å². The number of aromatic nitrogens is 1. The molecule has 2 fully saturated rings. The van der Waals surface area contributed by atoms with E-state index in [1.807, 2.05) is 11.3 Å². The average Bonchev–Trinajstić information content (AvgIpc) is 3.10. The fourth-order valence-corrected chi connectivity index (χ4v) is 5.13. The maximum Gasteiger partial charge on any atom is 0.0965 e. The van der Waals surface area contributed by atoms with E-state index >= 15 is 0 Å². The van der Waals surface area contributed by atoms with Crippen molar-refractivity contribution in [1.82, 2.24) is 10.3 Å². The molecule has 106 valence electrons. The van der Waals surface area contributed by atoms with Crippen LogP contribution >= 0.6 is 11.3 Å². The van der Waals surface area contributed by atoms with Crippen LogP contribution in [0, 0.1) is 11.8 Å². The Kier molecular flexibility index (Phi) is 3.95. The van der Waals surface area contributed by atoms with Gasteiger partial charge in [-0.3, -0.25) is 0 Å². The molecule has 2 bridgehead atoms. The minimum atomic E-state index is 0.553. The summed E-state index contributed by atoms with van der Waals surface area (Å²) >= 11 is 1.99. The van der Waals surface area contributed by atoms with Crippen LogP contribution in [0.25, 0.3) is 0 Å². The molecule has 3 rings (SSSR count). The highest BCUT2D eigenvalue weighted by Crippen LogP contribution is 2.53. The Hall–Kier alpha value is -0.410. The first-order valence-corrected chi connectivity index (χ1v) is 8.70. The molecule has 1 heterocycles. The molecule has 0 saturated heterocycles. The Morgan fingerprint density at radius 2 is 2.16 bits per heavy atom. The van der Waals surface area contributed by atoms with Gasteiger partial charge in [-0.15, -0.1) is 11.3 Å². The van der Waals surface area contributed by atoms with Crippen molar-refractivity contribution in [2.45, 2.75) is 71.4 Å². The van der Waals surface area contributed by atoms with Crippen LogP contribution < -0.4 is 5.32 Å². The van der Waals surface area contributed by atoms with Crippen LogP contribution in [0.4, 0.5) is 0 Å². The number of rotatable bonds is 5. The number of nitrogens with one attached hydrogen (secondary N) is 1. The highest BCUT2D eigenvalue weighted by atomic mass is 32.1. The largest absolute Gasteiger partial charge is 0.310 e. The van der Waals surface area contributed by atoms with E-state index in [1.54, 1.807) is 0 Å². The highest BCUT2D eigenvalue weighted by Gasteiger charge is 2.41. The summed E-state index contributed by atoms with van der Waals surface area (Å²) in [7, 11) is 0. The monoisotopic (exact) mass is 278 g/mol. The fraction of sp³-hybridized carbons (Fsp3) is 0.812. The summed E-state index contributed by atoms with van der Waals surface area (Å²) < 4.78 is 0. The third-order valence-corrected chi connectivity index (χ3v) is 6.09. The molecule has 3 atom stereocenters. The van der Waals surface area contributed by atoms with E-state index in [0.717, 1.165) is 30.7 Å². The zero-order chi connectivity index (χ0) is 13.4. The summed E-state index contributed by atoms with van der Waals surface area (Å²) in [6.07, 6.45) is 6.90. The van der Waals surface area contributed by atoms with Crippen molar-refractivity contribution in [3.63, 3.8) is 0 Å². The van der Waals surface area contributed by atoms with Crippen molar-refractivity contribution in [2.75, 3.05) is 0 Å². The Morgan fingerprint density at radius 1 is 1.32 bits per heavy atom. The van der Waals surface area contributed by atoms with Gasteiger partial charge in [0.25, 0.3) is 0 Å². The van der Waals surface area contributed by atoms with Gasteiger partial charge in [0.15, 0.2) is 0 Å².